The highest BCUT2D eigenvalue weighted by Gasteiger charge is 2.24. The Labute approximate surface area is 217 Å². The zero-order valence-electron chi connectivity index (χ0n) is 19.3. The van der Waals surface area contributed by atoms with Gasteiger partial charge >= 0.3 is 0 Å². The lowest BCUT2D eigenvalue weighted by Crippen LogP contribution is -2.24. The van der Waals surface area contributed by atoms with E-state index in [2.05, 4.69) is 21.6 Å². The number of pyridine rings is 1. The first-order valence-electron chi connectivity index (χ1n) is 11.1. The van der Waals surface area contributed by atoms with Crippen LogP contribution < -0.4 is 5.32 Å². The predicted octanol–water partition coefficient (Wildman–Crippen LogP) is 6.76. The summed E-state index contributed by atoms with van der Waals surface area (Å²) < 4.78 is 0.819. The molecule has 0 fully saturated rings. The zero-order chi connectivity index (χ0) is 24.6. The average Bonchev–Trinajstić information content (AvgIpc) is 3.34. The molecule has 35 heavy (non-hydrogen) atoms. The minimum absolute atomic E-state index is 0.182. The second-order valence-electron chi connectivity index (χ2n) is 7.39. The van der Waals surface area contributed by atoms with Gasteiger partial charge in [0.25, 0.3) is 0 Å². The van der Waals surface area contributed by atoms with Crippen LogP contribution in [0.4, 0.5) is 5.13 Å². The van der Waals surface area contributed by atoms with Gasteiger partial charge in [-0.2, -0.15) is 5.26 Å². The number of amides is 1. The number of nitriles is 1. The second kappa shape index (κ2) is 12.0. The number of carbonyl (C=O) groups is 1. The van der Waals surface area contributed by atoms with Crippen LogP contribution in [-0.2, 0) is 4.79 Å². The smallest absolute Gasteiger partial charge is 0.239 e. The summed E-state index contributed by atoms with van der Waals surface area (Å²) in [5.41, 5.74) is 3.89. The van der Waals surface area contributed by atoms with E-state index in [9.17, 15) is 10.1 Å². The lowest BCUT2D eigenvalue weighted by Gasteiger charge is -2.17. The summed E-state index contributed by atoms with van der Waals surface area (Å²) >= 11 is 4.25. The Morgan fingerprint density at radius 1 is 1.06 bits per heavy atom. The summed E-state index contributed by atoms with van der Waals surface area (Å²) in [6, 6.07) is 23.9. The van der Waals surface area contributed by atoms with Crippen molar-refractivity contribution in [3.63, 3.8) is 0 Å². The summed E-state index contributed by atoms with van der Waals surface area (Å²) in [4.78, 5) is 18.0. The van der Waals surface area contributed by atoms with Crippen LogP contribution in [0.25, 0.3) is 22.4 Å². The SMILES string of the molecule is CCSc1nnc(NC(=O)C(CC)Sc2nc(-c3ccccc3)cc(-c3ccccc3)c2C#N)s1. The maximum absolute atomic E-state index is 13.1. The molecule has 1 N–H and O–H groups in total. The number of carbonyl (C=O) groups excluding carboxylic acids is 1. The van der Waals surface area contributed by atoms with E-state index in [1.165, 1.54) is 23.1 Å². The van der Waals surface area contributed by atoms with Crippen molar-refractivity contribution in [2.75, 3.05) is 11.1 Å². The second-order valence-corrected chi connectivity index (χ2v) is 11.1. The van der Waals surface area contributed by atoms with Gasteiger partial charge in [0.2, 0.25) is 11.0 Å². The molecular weight excluding hydrogens is 495 g/mol. The molecule has 0 aliphatic rings. The minimum atomic E-state index is -0.449. The molecule has 4 aromatic rings. The van der Waals surface area contributed by atoms with Gasteiger partial charge < -0.3 is 0 Å². The fourth-order valence-corrected chi connectivity index (χ4v) is 6.08. The Morgan fingerprint density at radius 3 is 2.37 bits per heavy atom. The Morgan fingerprint density at radius 2 is 1.74 bits per heavy atom. The molecule has 2 heterocycles. The van der Waals surface area contributed by atoms with Gasteiger partial charge in [-0.1, -0.05) is 109 Å². The number of benzene rings is 2. The van der Waals surface area contributed by atoms with Crippen molar-refractivity contribution in [3.05, 3.63) is 72.3 Å². The van der Waals surface area contributed by atoms with Crippen molar-refractivity contribution in [2.24, 2.45) is 0 Å². The molecule has 1 amide bonds. The third-order valence-electron chi connectivity index (χ3n) is 5.07. The van der Waals surface area contributed by atoms with Crippen LogP contribution >= 0.6 is 34.9 Å². The van der Waals surface area contributed by atoms with Gasteiger partial charge in [-0.05, 0) is 23.8 Å². The van der Waals surface area contributed by atoms with E-state index in [-0.39, 0.29) is 5.91 Å². The van der Waals surface area contributed by atoms with Crippen molar-refractivity contribution in [3.8, 4) is 28.5 Å². The van der Waals surface area contributed by atoms with Gasteiger partial charge in [0.15, 0.2) is 4.34 Å². The Bertz CT molecular complexity index is 1340. The van der Waals surface area contributed by atoms with Gasteiger partial charge in [0, 0.05) is 11.1 Å². The van der Waals surface area contributed by atoms with Crippen molar-refractivity contribution in [1.82, 2.24) is 15.2 Å². The Hall–Kier alpha value is -3.19. The highest BCUT2D eigenvalue weighted by molar-refractivity contribution is 8.01. The van der Waals surface area contributed by atoms with E-state index in [0.717, 1.165) is 32.5 Å². The first-order chi connectivity index (χ1) is 17.1. The molecule has 0 saturated carbocycles. The molecule has 0 radical (unpaired) electrons. The number of anilines is 1. The standard InChI is InChI=1S/C26H23N5OS3/c1-3-22(23(32)29-25-30-31-26(35-25)33-4-2)34-24-20(16-27)19(17-11-7-5-8-12-17)15-21(28-24)18-13-9-6-10-14-18/h5-15,22H,3-4H2,1-2H3,(H,29,30,32). The Kier molecular flexibility index (Phi) is 8.53. The van der Waals surface area contributed by atoms with Crippen LogP contribution in [0.15, 0.2) is 76.1 Å². The van der Waals surface area contributed by atoms with Crippen LogP contribution in [0.1, 0.15) is 25.8 Å². The first kappa shape index (κ1) is 24.9. The zero-order valence-corrected chi connectivity index (χ0v) is 21.7. The van der Waals surface area contributed by atoms with E-state index in [4.69, 9.17) is 4.98 Å². The number of nitrogens with zero attached hydrogens (tertiary/aromatic N) is 4. The number of hydrogen-bond donors (Lipinski definition) is 1. The number of hydrogen-bond acceptors (Lipinski definition) is 8. The van der Waals surface area contributed by atoms with Crippen molar-refractivity contribution < 1.29 is 4.79 Å². The number of rotatable bonds is 9. The largest absolute Gasteiger partial charge is 0.300 e. The van der Waals surface area contributed by atoms with Crippen LogP contribution in [0.3, 0.4) is 0 Å². The molecule has 1 atom stereocenters. The van der Waals surface area contributed by atoms with Gasteiger partial charge in [-0.25, -0.2) is 4.98 Å². The summed E-state index contributed by atoms with van der Waals surface area (Å²) in [5, 5.41) is 21.7. The Balaban J connectivity index is 1.70. The number of thioether (sulfide) groups is 2. The summed E-state index contributed by atoms with van der Waals surface area (Å²) in [6.45, 7) is 3.99. The summed E-state index contributed by atoms with van der Waals surface area (Å²) in [5.74, 6) is 0.707. The lowest BCUT2D eigenvalue weighted by molar-refractivity contribution is -0.115. The van der Waals surface area contributed by atoms with E-state index in [1.807, 2.05) is 80.6 Å². The molecule has 0 aliphatic carbocycles. The predicted molar refractivity (Wildman–Crippen MR) is 145 cm³/mol. The monoisotopic (exact) mass is 517 g/mol. The highest BCUT2D eigenvalue weighted by atomic mass is 32.2. The molecule has 2 aromatic carbocycles. The van der Waals surface area contributed by atoms with Crippen molar-refractivity contribution in [2.45, 2.75) is 34.9 Å². The third kappa shape index (κ3) is 6.09. The van der Waals surface area contributed by atoms with Crippen molar-refractivity contribution in [1.29, 1.82) is 5.26 Å². The molecule has 0 bridgehead atoms. The van der Waals surface area contributed by atoms with Gasteiger partial charge in [0.1, 0.15) is 11.1 Å². The van der Waals surface area contributed by atoms with E-state index in [0.29, 0.717) is 22.1 Å². The van der Waals surface area contributed by atoms with Gasteiger partial charge in [-0.15, -0.1) is 10.2 Å². The van der Waals surface area contributed by atoms with Crippen LogP contribution in [0.2, 0.25) is 0 Å². The fourth-order valence-electron chi connectivity index (χ4n) is 3.40. The molecule has 176 valence electrons. The first-order valence-corrected chi connectivity index (χ1v) is 13.8. The molecule has 0 spiro atoms. The molecule has 0 aliphatic heterocycles. The average molecular weight is 518 g/mol. The molecule has 2 aromatic heterocycles. The normalized spacial score (nSPS) is 11.6. The quantitative estimate of drug-likeness (QED) is 0.194. The minimum Gasteiger partial charge on any atom is -0.300 e. The molecule has 4 rings (SSSR count). The van der Waals surface area contributed by atoms with Crippen molar-refractivity contribution >= 4 is 45.9 Å². The fraction of sp³-hybridized carbons (Fsp3) is 0.192. The van der Waals surface area contributed by atoms with Crippen LogP contribution in [0.5, 0.6) is 0 Å². The molecular formula is C26H23N5OS3. The highest BCUT2D eigenvalue weighted by Crippen LogP contribution is 2.36. The van der Waals surface area contributed by atoms with Crippen LogP contribution in [-0.4, -0.2) is 32.1 Å². The van der Waals surface area contributed by atoms with Gasteiger partial charge in [0.05, 0.1) is 16.5 Å². The number of nitrogens with one attached hydrogen (secondary N) is 1. The molecule has 6 nitrogen and oxygen atoms in total. The van der Waals surface area contributed by atoms with E-state index < -0.39 is 5.25 Å². The molecule has 9 heteroatoms. The third-order valence-corrected chi connectivity index (χ3v) is 8.28. The van der Waals surface area contributed by atoms with Crippen LogP contribution in [0, 0.1) is 11.3 Å². The maximum Gasteiger partial charge on any atom is 0.239 e. The van der Waals surface area contributed by atoms with E-state index in [1.54, 1.807) is 11.8 Å². The van der Waals surface area contributed by atoms with Gasteiger partial charge in [-0.3, -0.25) is 10.1 Å². The summed E-state index contributed by atoms with van der Waals surface area (Å²) in [6.07, 6.45) is 0.564. The molecule has 1 unspecified atom stereocenters. The van der Waals surface area contributed by atoms with E-state index >= 15 is 0 Å². The lowest BCUT2D eigenvalue weighted by atomic mass is 9.99. The molecule has 0 saturated heterocycles. The number of aromatic nitrogens is 3. The maximum atomic E-state index is 13.1. The summed E-state index contributed by atoms with van der Waals surface area (Å²) in [7, 11) is 0. The topological polar surface area (TPSA) is 91.6 Å².